The SMILES string of the molecule is CC(C)(C)C(=O)N1CCCC1C(=O)N[C@H]1CCCC[C@@H]1O. The molecule has 5 nitrogen and oxygen atoms in total. The summed E-state index contributed by atoms with van der Waals surface area (Å²) in [5.74, 6) is -0.0691. The molecule has 2 N–H and O–H groups in total. The molecule has 0 aromatic carbocycles. The predicted octanol–water partition coefficient (Wildman–Crippen LogP) is 1.44. The monoisotopic (exact) mass is 296 g/mol. The number of nitrogens with zero attached hydrogens (tertiary/aromatic N) is 1. The number of rotatable bonds is 2. The summed E-state index contributed by atoms with van der Waals surface area (Å²) in [6, 6.07) is -0.524. The maximum absolute atomic E-state index is 12.5. The van der Waals surface area contributed by atoms with Crippen molar-refractivity contribution < 1.29 is 14.7 Å². The largest absolute Gasteiger partial charge is 0.391 e. The summed E-state index contributed by atoms with van der Waals surface area (Å²) < 4.78 is 0. The zero-order valence-electron chi connectivity index (χ0n) is 13.4. The Morgan fingerprint density at radius 2 is 1.76 bits per heavy atom. The first-order valence-corrected chi connectivity index (χ1v) is 8.10. The molecule has 2 aliphatic rings. The summed E-state index contributed by atoms with van der Waals surface area (Å²) in [4.78, 5) is 26.6. The minimum absolute atomic E-state index is 0.0318. The van der Waals surface area contributed by atoms with Gasteiger partial charge in [-0.05, 0) is 25.7 Å². The summed E-state index contributed by atoms with van der Waals surface area (Å²) in [5, 5.41) is 12.9. The number of likely N-dealkylation sites (tertiary alicyclic amines) is 1. The van der Waals surface area contributed by atoms with E-state index in [0.29, 0.717) is 6.54 Å². The molecule has 1 saturated carbocycles. The van der Waals surface area contributed by atoms with Crippen LogP contribution in [0.3, 0.4) is 0 Å². The van der Waals surface area contributed by atoms with Crippen LogP contribution >= 0.6 is 0 Å². The van der Waals surface area contributed by atoms with Gasteiger partial charge in [-0.3, -0.25) is 9.59 Å². The van der Waals surface area contributed by atoms with Crippen LogP contribution in [0.2, 0.25) is 0 Å². The first-order valence-electron chi connectivity index (χ1n) is 8.10. The van der Waals surface area contributed by atoms with Gasteiger partial charge < -0.3 is 15.3 Å². The minimum Gasteiger partial charge on any atom is -0.391 e. The molecule has 0 aromatic rings. The Labute approximate surface area is 127 Å². The van der Waals surface area contributed by atoms with Crippen molar-refractivity contribution in [1.29, 1.82) is 0 Å². The molecule has 1 aliphatic carbocycles. The second-order valence-electron chi connectivity index (χ2n) is 7.37. The van der Waals surface area contributed by atoms with Crippen LogP contribution in [0.1, 0.15) is 59.3 Å². The minimum atomic E-state index is -0.465. The first-order chi connectivity index (χ1) is 9.80. The molecule has 0 aromatic heterocycles. The third kappa shape index (κ3) is 3.76. The fourth-order valence-corrected chi connectivity index (χ4v) is 3.27. The highest BCUT2D eigenvalue weighted by Gasteiger charge is 2.39. The number of aliphatic hydroxyl groups excluding tert-OH is 1. The molecule has 2 rings (SSSR count). The topological polar surface area (TPSA) is 69.6 Å². The van der Waals surface area contributed by atoms with E-state index in [1.54, 1.807) is 4.90 Å². The van der Waals surface area contributed by atoms with Crippen molar-refractivity contribution in [2.75, 3.05) is 6.54 Å². The highest BCUT2D eigenvalue weighted by molar-refractivity contribution is 5.90. The molecule has 3 atom stereocenters. The van der Waals surface area contributed by atoms with Crippen molar-refractivity contribution in [2.24, 2.45) is 5.41 Å². The zero-order valence-corrected chi connectivity index (χ0v) is 13.4. The van der Waals surface area contributed by atoms with Crippen LogP contribution < -0.4 is 5.32 Å². The Hall–Kier alpha value is -1.10. The van der Waals surface area contributed by atoms with Crippen LogP contribution in [0.25, 0.3) is 0 Å². The average Bonchev–Trinajstić information content (AvgIpc) is 2.88. The molecule has 0 radical (unpaired) electrons. The summed E-state index contributed by atoms with van der Waals surface area (Å²) in [7, 11) is 0. The van der Waals surface area contributed by atoms with Crippen LogP contribution in [0, 0.1) is 5.41 Å². The molecule has 1 saturated heterocycles. The van der Waals surface area contributed by atoms with Crippen LogP contribution in [0.5, 0.6) is 0 Å². The van der Waals surface area contributed by atoms with Crippen molar-refractivity contribution in [3.8, 4) is 0 Å². The van der Waals surface area contributed by atoms with E-state index in [0.717, 1.165) is 38.5 Å². The number of hydrogen-bond acceptors (Lipinski definition) is 3. The lowest BCUT2D eigenvalue weighted by molar-refractivity contribution is -0.145. The fourth-order valence-electron chi connectivity index (χ4n) is 3.27. The summed E-state index contributed by atoms with van der Waals surface area (Å²) in [6.45, 7) is 6.30. The van der Waals surface area contributed by atoms with E-state index in [1.165, 1.54) is 0 Å². The number of carbonyl (C=O) groups is 2. The zero-order chi connectivity index (χ0) is 15.6. The van der Waals surface area contributed by atoms with Gasteiger partial charge in [-0.25, -0.2) is 0 Å². The highest BCUT2D eigenvalue weighted by atomic mass is 16.3. The van der Waals surface area contributed by atoms with Gasteiger partial charge in [0.2, 0.25) is 11.8 Å². The third-order valence-electron chi connectivity index (χ3n) is 4.52. The lowest BCUT2D eigenvalue weighted by Crippen LogP contribution is -2.54. The molecule has 1 aliphatic heterocycles. The van der Waals surface area contributed by atoms with Gasteiger partial charge in [0.1, 0.15) is 6.04 Å². The van der Waals surface area contributed by atoms with E-state index in [1.807, 2.05) is 20.8 Å². The molecule has 21 heavy (non-hydrogen) atoms. The molecular formula is C16H28N2O3. The van der Waals surface area contributed by atoms with E-state index < -0.39 is 11.5 Å². The fraction of sp³-hybridized carbons (Fsp3) is 0.875. The van der Waals surface area contributed by atoms with Gasteiger partial charge >= 0.3 is 0 Å². The van der Waals surface area contributed by atoms with Crippen molar-refractivity contribution in [3.63, 3.8) is 0 Å². The molecule has 1 unspecified atom stereocenters. The number of aliphatic hydroxyl groups is 1. The van der Waals surface area contributed by atoms with Crippen molar-refractivity contribution in [3.05, 3.63) is 0 Å². The summed E-state index contributed by atoms with van der Waals surface area (Å²) in [6.07, 6.45) is 4.77. The van der Waals surface area contributed by atoms with Gasteiger partial charge in [0, 0.05) is 12.0 Å². The quantitative estimate of drug-likeness (QED) is 0.810. The Kier molecular flexibility index (Phi) is 4.91. The standard InChI is InChI=1S/C16H28N2O3/c1-16(2,3)15(21)18-10-6-8-12(18)14(20)17-11-7-4-5-9-13(11)19/h11-13,19H,4-10H2,1-3H3,(H,17,20)/t11-,12?,13-/m0/s1. The van der Waals surface area contributed by atoms with E-state index >= 15 is 0 Å². The summed E-state index contributed by atoms with van der Waals surface area (Å²) in [5.41, 5.74) is -0.465. The molecule has 0 spiro atoms. The smallest absolute Gasteiger partial charge is 0.243 e. The van der Waals surface area contributed by atoms with E-state index in [9.17, 15) is 14.7 Å². The van der Waals surface area contributed by atoms with Crippen LogP contribution in [-0.4, -0.2) is 46.6 Å². The van der Waals surface area contributed by atoms with Crippen molar-refractivity contribution >= 4 is 11.8 Å². The van der Waals surface area contributed by atoms with Crippen molar-refractivity contribution in [2.45, 2.75) is 77.5 Å². The number of hydrogen-bond donors (Lipinski definition) is 2. The Morgan fingerprint density at radius 1 is 1.10 bits per heavy atom. The van der Waals surface area contributed by atoms with Gasteiger partial charge in [0.15, 0.2) is 0 Å². The molecule has 1 heterocycles. The maximum atomic E-state index is 12.5. The highest BCUT2D eigenvalue weighted by Crippen LogP contribution is 2.26. The Morgan fingerprint density at radius 3 is 2.38 bits per heavy atom. The first kappa shape index (κ1) is 16.3. The number of amides is 2. The second kappa shape index (κ2) is 6.34. The lowest BCUT2D eigenvalue weighted by Gasteiger charge is -2.33. The van der Waals surface area contributed by atoms with Gasteiger partial charge in [-0.1, -0.05) is 33.6 Å². The molecule has 120 valence electrons. The Balaban J connectivity index is 1.99. The van der Waals surface area contributed by atoms with Crippen LogP contribution in [0.4, 0.5) is 0 Å². The van der Waals surface area contributed by atoms with Crippen molar-refractivity contribution in [1.82, 2.24) is 10.2 Å². The van der Waals surface area contributed by atoms with E-state index in [2.05, 4.69) is 5.32 Å². The number of nitrogens with one attached hydrogen (secondary N) is 1. The molecular weight excluding hydrogens is 268 g/mol. The molecule has 2 amide bonds. The van der Waals surface area contributed by atoms with E-state index in [-0.39, 0.29) is 23.9 Å². The average molecular weight is 296 g/mol. The third-order valence-corrected chi connectivity index (χ3v) is 4.52. The van der Waals surface area contributed by atoms with Crippen LogP contribution in [-0.2, 0) is 9.59 Å². The van der Waals surface area contributed by atoms with Gasteiger partial charge in [-0.15, -0.1) is 0 Å². The lowest BCUT2D eigenvalue weighted by atomic mass is 9.92. The molecule has 0 bridgehead atoms. The number of carbonyl (C=O) groups excluding carboxylic acids is 2. The van der Waals surface area contributed by atoms with Gasteiger partial charge in [0.25, 0.3) is 0 Å². The second-order valence-corrected chi connectivity index (χ2v) is 7.37. The normalized spacial score (nSPS) is 30.3. The maximum Gasteiger partial charge on any atom is 0.243 e. The van der Waals surface area contributed by atoms with Gasteiger partial charge in [-0.2, -0.15) is 0 Å². The summed E-state index contributed by atoms with van der Waals surface area (Å²) >= 11 is 0. The Bertz CT molecular complexity index is 403. The van der Waals surface area contributed by atoms with Crippen LogP contribution in [0.15, 0.2) is 0 Å². The predicted molar refractivity (Wildman–Crippen MR) is 80.6 cm³/mol. The van der Waals surface area contributed by atoms with E-state index in [4.69, 9.17) is 0 Å². The molecule has 2 fully saturated rings. The van der Waals surface area contributed by atoms with Gasteiger partial charge in [0.05, 0.1) is 12.1 Å². The molecule has 5 heteroatoms.